The molecule has 0 saturated heterocycles. The van der Waals surface area contributed by atoms with Crippen LogP contribution in [0, 0.1) is 5.82 Å². The van der Waals surface area contributed by atoms with Gasteiger partial charge in [-0.15, -0.1) is 0 Å². The number of pyridine rings is 2. The first kappa shape index (κ1) is 15.4. The lowest BCUT2D eigenvalue weighted by atomic mass is 10.2. The minimum atomic E-state index is -0.314. The molecule has 0 unspecified atom stereocenters. The summed E-state index contributed by atoms with van der Waals surface area (Å²) in [4.78, 5) is 25.7. The Labute approximate surface area is 151 Å². The van der Waals surface area contributed by atoms with E-state index in [9.17, 15) is 9.18 Å². The van der Waals surface area contributed by atoms with Gasteiger partial charge in [-0.3, -0.25) is 4.98 Å². The van der Waals surface area contributed by atoms with E-state index in [4.69, 9.17) is 0 Å². The first-order valence-electron chi connectivity index (χ1n) is 8.33. The molecule has 0 atom stereocenters. The average molecular weight is 360 g/mol. The second-order valence-corrected chi connectivity index (χ2v) is 6.14. The number of nitrogens with zero attached hydrogens (tertiary/aromatic N) is 4. The van der Waals surface area contributed by atoms with Gasteiger partial charge in [0, 0.05) is 17.1 Å². The zero-order chi connectivity index (χ0) is 18.4. The lowest BCUT2D eigenvalue weighted by molar-refractivity contribution is 0.589. The van der Waals surface area contributed by atoms with Crippen molar-refractivity contribution in [1.82, 2.24) is 29.7 Å². The highest BCUT2D eigenvalue weighted by Crippen LogP contribution is 2.27. The molecule has 132 valence electrons. The second-order valence-electron chi connectivity index (χ2n) is 6.14. The summed E-state index contributed by atoms with van der Waals surface area (Å²) in [5, 5.41) is 5.44. The molecule has 0 aliphatic heterocycles. The van der Waals surface area contributed by atoms with Gasteiger partial charge < -0.3 is 4.98 Å². The van der Waals surface area contributed by atoms with Crippen LogP contribution in [0.25, 0.3) is 33.6 Å². The highest BCUT2D eigenvalue weighted by molar-refractivity contribution is 5.91. The first-order chi connectivity index (χ1) is 13.2. The summed E-state index contributed by atoms with van der Waals surface area (Å²) in [6.45, 7) is 0.253. The first-order valence-corrected chi connectivity index (χ1v) is 8.33. The molecule has 0 aliphatic rings. The molecule has 0 amide bonds. The zero-order valence-electron chi connectivity index (χ0n) is 14.0. The normalized spacial score (nSPS) is 11.4. The van der Waals surface area contributed by atoms with Crippen LogP contribution in [0.4, 0.5) is 4.39 Å². The van der Waals surface area contributed by atoms with E-state index in [2.05, 4.69) is 25.0 Å². The number of halogens is 1. The van der Waals surface area contributed by atoms with Crippen LogP contribution in [0.2, 0.25) is 0 Å². The van der Waals surface area contributed by atoms with Crippen LogP contribution in [0.15, 0.2) is 59.5 Å². The topological polar surface area (TPSA) is 92.2 Å². The molecular weight excluding hydrogens is 347 g/mol. The SMILES string of the molecule is O=c1[nH]c2ccc(-c3nn(Cc4ccccc4F)c4ncccc34)nc2[nH]1. The molecule has 4 heterocycles. The molecule has 2 N–H and O–H groups in total. The van der Waals surface area contributed by atoms with E-state index in [1.807, 2.05) is 12.1 Å². The number of imidazole rings is 1. The average Bonchev–Trinajstić information content (AvgIpc) is 3.23. The molecule has 0 bridgehead atoms. The van der Waals surface area contributed by atoms with Gasteiger partial charge in [-0.25, -0.2) is 23.8 Å². The second kappa shape index (κ2) is 5.87. The van der Waals surface area contributed by atoms with Gasteiger partial charge in [0.15, 0.2) is 11.3 Å². The van der Waals surface area contributed by atoms with Crippen molar-refractivity contribution in [2.45, 2.75) is 6.54 Å². The van der Waals surface area contributed by atoms with Crippen LogP contribution in [-0.2, 0) is 6.54 Å². The molecule has 0 spiro atoms. The largest absolute Gasteiger partial charge is 0.325 e. The van der Waals surface area contributed by atoms with Gasteiger partial charge in [-0.05, 0) is 30.3 Å². The molecule has 0 saturated carbocycles. The molecule has 7 nitrogen and oxygen atoms in total. The van der Waals surface area contributed by atoms with Crippen molar-refractivity contribution >= 4 is 22.2 Å². The van der Waals surface area contributed by atoms with Gasteiger partial charge in [0.25, 0.3) is 0 Å². The highest BCUT2D eigenvalue weighted by Gasteiger charge is 2.16. The Hall–Kier alpha value is -3.81. The maximum absolute atomic E-state index is 14.1. The smallest absolute Gasteiger partial charge is 0.304 e. The number of hydrogen-bond donors (Lipinski definition) is 2. The molecule has 5 rings (SSSR count). The Kier molecular flexibility index (Phi) is 3.36. The number of aromatic amines is 2. The number of benzene rings is 1. The summed E-state index contributed by atoms with van der Waals surface area (Å²) in [6.07, 6.45) is 1.67. The quantitative estimate of drug-likeness (QED) is 0.517. The fourth-order valence-corrected chi connectivity index (χ4v) is 3.15. The van der Waals surface area contributed by atoms with Crippen molar-refractivity contribution in [3.8, 4) is 11.4 Å². The third-order valence-electron chi connectivity index (χ3n) is 4.40. The number of rotatable bonds is 3. The molecular formula is C19H13FN6O. The number of hydrogen-bond acceptors (Lipinski definition) is 4. The summed E-state index contributed by atoms with van der Waals surface area (Å²) in [7, 11) is 0. The van der Waals surface area contributed by atoms with Crippen molar-refractivity contribution < 1.29 is 4.39 Å². The lowest BCUT2D eigenvalue weighted by Gasteiger charge is -2.04. The van der Waals surface area contributed by atoms with E-state index in [0.29, 0.717) is 33.8 Å². The van der Waals surface area contributed by atoms with Gasteiger partial charge in [0.1, 0.15) is 11.5 Å². The van der Waals surface area contributed by atoms with Gasteiger partial charge in [-0.2, -0.15) is 5.10 Å². The molecule has 0 fully saturated rings. The summed E-state index contributed by atoms with van der Waals surface area (Å²) >= 11 is 0. The maximum atomic E-state index is 14.1. The van der Waals surface area contributed by atoms with Crippen molar-refractivity contribution in [1.29, 1.82) is 0 Å². The van der Waals surface area contributed by atoms with Crippen LogP contribution >= 0.6 is 0 Å². The van der Waals surface area contributed by atoms with Crippen molar-refractivity contribution in [3.63, 3.8) is 0 Å². The summed E-state index contributed by atoms with van der Waals surface area (Å²) in [5.41, 5.74) is 3.15. The van der Waals surface area contributed by atoms with E-state index < -0.39 is 0 Å². The molecule has 8 heteroatoms. The van der Waals surface area contributed by atoms with Crippen LogP contribution in [0.3, 0.4) is 0 Å². The van der Waals surface area contributed by atoms with Crippen molar-refractivity contribution in [2.24, 2.45) is 0 Å². The van der Waals surface area contributed by atoms with Crippen LogP contribution < -0.4 is 5.69 Å². The third-order valence-corrected chi connectivity index (χ3v) is 4.40. The Morgan fingerprint density at radius 1 is 1.04 bits per heavy atom. The predicted octanol–water partition coefficient (Wildman–Crippen LogP) is 2.85. The maximum Gasteiger partial charge on any atom is 0.325 e. The molecule has 4 aromatic heterocycles. The molecule has 1 aromatic carbocycles. The minimum absolute atomic E-state index is 0.253. The predicted molar refractivity (Wildman–Crippen MR) is 98.7 cm³/mol. The van der Waals surface area contributed by atoms with Crippen molar-refractivity contribution in [3.05, 3.63) is 76.6 Å². The summed E-state index contributed by atoms with van der Waals surface area (Å²) in [5.74, 6) is -0.289. The van der Waals surface area contributed by atoms with Crippen LogP contribution in [0.1, 0.15) is 5.56 Å². The van der Waals surface area contributed by atoms with Gasteiger partial charge in [0.2, 0.25) is 0 Å². The minimum Gasteiger partial charge on any atom is -0.304 e. The summed E-state index contributed by atoms with van der Waals surface area (Å²) < 4.78 is 15.7. The Bertz CT molecular complexity index is 1350. The fraction of sp³-hybridized carbons (Fsp3) is 0.0526. The van der Waals surface area contributed by atoms with E-state index in [1.165, 1.54) is 6.07 Å². The molecule has 0 aliphatic carbocycles. The number of fused-ring (bicyclic) bond motifs is 2. The summed E-state index contributed by atoms with van der Waals surface area (Å²) in [6, 6.07) is 13.9. The number of H-pyrrole nitrogens is 2. The third kappa shape index (κ3) is 2.58. The lowest BCUT2D eigenvalue weighted by Crippen LogP contribution is -2.04. The standard InChI is InChI=1S/C19H13FN6O/c20-13-6-2-1-4-11(13)10-26-18-12(5-3-9-21-18)16(25-26)14-7-8-15-17(22-14)24-19(27)23-15/h1-9H,10H2,(H2,22,23,24,27). The van der Waals surface area contributed by atoms with E-state index in [1.54, 1.807) is 41.2 Å². The van der Waals surface area contributed by atoms with Crippen LogP contribution in [-0.4, -0.2) is 29.7 Å². The van der Waals surface area contributed by atoms with E-state index in [0.717, 1.165) is 5.39 Å². The van der Waals surface area contributed by atoms with E-state index in [-0.39, 0.29) is 18.1 Å². The zero-order valence-corrected chi connectivity index (χ0v) is 14.0. The monoisotopic (exact) mass is 360 g/mol. The number of nitrogens with one attached hydrogen (secondary N) is 2. The Morgan fingerprint density at radius 3 is 2.81 bits per heavy atom. The Morgan fingerprint density at radius 2 is 1.93 bits per heavy atom. The number of aromatic nitrogens is 6. The van der Waals surface area contributed by atoms with Crippen molar-refractivity contribution in [2.75, 3.05) is 0 Å². The van der Waals surface area contributed by atoms with Gasteiger partial charge >= 0.3 is 5.69 Å². The van der Waals surface area contributed by atoms with E-state index >= 15 is 0 Å². The van der Waals surface area contributed by atoms with Gasteiger partial charge in [-0.1, -0.05) is 18.2 Å². The molecule has 5 aromatic rings. The Balaban J connectivity index is 1.68. The van der Waals surface area contributed by atoms with Crippen LogP contribution in [0.5, 0.6) is 0 Å². The van der Waals surface area contributed by atoms with Gasteiger partial charge in [0.05, 0.1) is 17.8 Å². The fourth-order valence-electron chi connectivity index (χ4n) is 3.15. The molecule has 27 heavy (non-hydrogen) atoms. The highest BCUT2D eigenvalue weighted by atomic mass is 19.1. The molecule has 0 radical (unpaired) electrons.